The van der Waals surface area contributed by atoms with Crippen LogP contribution in [0.1, 0.15) is 16.8 Å². The molecule has 1 fully saturated rings. The average Bonchev–Trinajstić information content (AvgIpc) is 2.99. The van der Waals surface area contributed by atoms with Crippen LogP contribution >= 0.6 is 27.7 Å². The lowest BCUT2D eigenvalue weighted by Crippen LogP contribution is -2.38. The van der Waals surface area contributed by atoms with Gasteiger partial charge in [-0.2, -0.15) is 0 Å². The SMILES string of the molecule is COc1ccccc1C(=O)N1CCCN(C(=O)CSc2ccc(Br)cc2)CC1. The number of halogens is 1. The number of thioether (sulfide) groups is 1. The van der Waals surface area contributed by atoms with Crippen LogP contribution in [0.15, 0.2) is 57.9 Å². The summed E-state index contributed by atoms with van der Waals surface area (Å²) in [6, 6.07) is 15.2. The lowest BCUT2D eigenvalue weighted by atomic mass is 10.1. The molecule has 2 aromatic carbocycles. The van der Waals surface area contributed by atoms with Gasteiger partial charge in [0.15, 0.2) is 0 Å². The first-order chi connectivity index (χ1) is 13.6. The Hall–Kier alpha value is -1.99. The first-order valence-corrected chi connectivity index (χ1v) is 10.9. The van der Waals surface area contributed by atoms with E-state index in [1.165, 1.54) is 11.8 Å². The van der Waals surface area contributed by atoms with Crippen LogP contribution in [0.3, 0.4) is 0 Å². The van der Waals surface area contributed by atoms with Crippen molar-refractivity contribution in [3.8, 4) is 5.75 Å². The number of hydrogen-bond acceptors (Lipinski definition) is 4. The second-order valence-corrected chi connectivity index (χ2v) is 8.43. The second kappa shape index (κ2) is 9.98. The summed E-state index contributed by atoms with van der Waals surface area (Å²) in [7, 11) is 1.57. The highest BCUT2D eigenvalue weighted by Gasteiger charge is 2.24. The highest BCUT2D eigenvalue weighted by Crippen LogP contribution is 2.22. The molecular formula is C21H23BrN2O3S. The summed E-state index contributed by atoms with van der Waals surface area (Å²) in [4.78, 5) is 30.2. The zero-order chi connectivity index (χ0) is 19.9. The van der Waals surface area contributed by atoms with Crippen LogP contribution in [-0.2, 0) is 4.79 Å². The number of carbonyl (C=O) groups excluding carboxylic acids is 2. The minimum atomic E-state index is -0.0454. The van der Waals surface area contributed by atoms with Crippen molar-refractivity contribution in [2.75, 3.05) is 39.0 Å². The highest BCUT2D eigenvalue weighted by atomic mass is 79.9. The van der Waals surface area contributed by atoms with Gasteiger partial charge < -0.3 is 14.5 Å². The molecule has 3 rings (SSSR count). The Morgan fingerprint density at radius 2 is 1.68 bits per heavy atom. The Morgan fingerprint density at radius 1 is 1.00 bits per heavy atom. The van der Waals surface area contributed by atoms with Gasteiger partial charge in [0, 0.05) is 35.5 Å². The number of nitrogens with zero attached hydrogens (tertiary/aromatic N) is 2. The maximum Gasteiger partial charge on any atom is 0.257 e. The van der Waals surface area contributed by atoms with Crippen molar-refractivity contribution in [3.05, 3.63) is 58.6 Å². The second-order valence-electron chi connectivity index (χ2n) is 6.47. The van der Waals surface area contributed by atoms with Crippen molar-refractivity contribution < 1.29 is 14.3 Å². The third-order valence-electron chi connectivity index (χ3n) is 4.65. The summed E-state index contributed by atoms with van der Waals surface area (Å²) in [5.41, 5.74) is 0.565. The Balaban J connectivity index is 1.56. The van der Waals surface area contributed by atoms with Gasteiger partial charge in [0.2, 0.25) is 5.91 Å². The van der Waals surface area contributed by atoms with Crippen LogP contribution in [0.4, 0.5) is 0 Å². The summed E-state index contributed by atoms with van der Waals surface area (Å²) >= 11 is 4.95. The molecule has 2 amide bonds. The maximum absolute atomic E-state index is 12.9. The summed E-state index contributed by atoms with van der Waals surface area (Å²) in [6.45, 7) is 2.40. The van der Waals surface area contributed by atoms with E-state index < -0.39 is 0 Å². The molecule has 0 unspecified atom stereocenters. The molecule has 148 valence electrons. The Morgan fingerprint density at radius 3 is 2.43 bits per heavy atom. The van der Waals surface area contributed by atoms with E-state index >= 15 is 0 Å². The van der Waals surface area contributed by atoms with Crippen LogP contribution in [-0.4, -0.2) is 60.7 Å². The van der Waals surface area contributed by atoms with E-state index in [0.29, 0.717) is 43.2 Å². The zero-order valence-corrected chi connectivity index (χ0v) is 18.2. The molecule has 2 aromatic rings. The van der Waals surface area contributed by atoms with Crippen LogP contribution < -0.4 is 4.74 Å². The smallest absolute Gasteiger partial charge is 0.257 e. The molecule has 1 saturated heterocycles. The molecule has 0 aliphatic carbocycles. The number of hydrogen-bond donors (Lipinski definition) is 0. The van der Waals surface area contributed by atoms with Gasteiger partial charge in [-0.1, -0.05) is 28.1 Å². The summed E-state index contributed by atoms with van der Waals surface area (Å²) in [5, 5.41) is 0. The lowest BCUT2D eigenvalue weighted by Gasteiger charge is -2.23. The minimum Gasteiger partial charge on any atom is -0.496 e. The number of methoxy groups -OCH3 is 1. The van der Waals surface area contributed by atoms with Crippen molar-refractivity contribution >= 4 is 39.5 Å². The van der Waals surface area contributed by atoms with Gasteiger partial charge in [0.05, 0.1) is 18.4 Å². The average molecular weight is 463 g/mol. The predicted molar refractivity (Wildman–Crippen MR) is 115 cm³/mol. The zero-order valence-electron chi connectivity index (χ0n) is 15.8. The molecule has 7 heteroatoms. The number of ether oxygens (including phenoxy) is 1. The molecule has 1 aliphatic rings. The van der Waals surface area contributed by atoms with Crippen molar-refractivity contribution in [2.24, 2.45) is 0 Å². The number of rotatable bonds is 5. The Kier molecular flexibility index (Phi) is 7.39. The van der Waals surface area contributed by atoms with Crippen molar-refractivity contribution in [2.45, 2.75) is 11.3 Å². The van der Waals surface area contributed by atoms with Crippen LogP contribution in [0.25, 0.3) is 0 Å². The lowest BCUT2D eigenvalue weighted by molar-refractivity contribution is -0.128. The van der Waals surface area contributed by atoms with Gasteiger partial charge in [-0.25, -0.2) is 0 Å². The largest absolute Gasteiger partial charge is 0.496 e. The third-order valence-corrected chi connectivity index (χ3v) is 6.17. The third kappa shape index (κ3) is 5.29. The van der Waals surface area contributed by atoms with Crippen molar-refractivity contribution in [3.63, 3.8) is 0 Å². The fourth-order valence-electron chi connectivity index (χ4n) is 3.13. The van der Waals surface area contributed by atoms with Gasteiger partial charge >= 0.3 is 0 Å². The molecule has 1 heterocycles. The van der Waals surface area contributed by atoms with E-state index in [4.69, 9.17) is 4.74 Å². The predicted octanol–water partition coefficient (Wildman–Crippen LogP) is 3.92. The molecule has 5 nitrogen and oxygen atoms in total. The molecule has 0 radical (unpaired) electrons. The monoisotopic (exact) mass is 462 g/mol. The fourth-order valence-corrected chi connectivity index (χ4v) is 4.19. The van der Waals surface area contributed by atoms with Gasteiger partial charge in [0.1, 0.15) is 5.75 Å². The van der Waals surface area contributed by atoms with E-state index in [2.05, 4.69) is 15.9 Å². The first-order valence-electron chi connectivity index (χ1n) is 9.17. The molecule has 0 saturated carbocycles. The number of carbonyl (C=O) groups is 2. The Labute approximate surface area is 178 Å². The summed E-state index contributed by atoms with van der Waals surface area (Å²) < 4.78 is 6.34. The topological polar surface area (TPSA) is 49.9 Å². The number of amides is 2. The molecule has 28 heavy (non-hydrogen) atoms. The van der Waals surface area contributed by atoms with Crippen LogP contribution in [0.2, 0.25) is 0 Å². The van der Waals surface area contributed by atoms with E-state index in [-0.39, 0.29) is 11.8 Å². The Bertz CT molecular complexity index is 829. The van der Waals surface area contributed by atoms with Gasteiger partial charge in [-0.05, 0) is 42.8 Å². The van der Waals surface area contributed by atoms with Crippen molar-refractivity contribution in [1.29, 1.82) is 0 Å². The molecule has 0 atom stereocenters. The van der Waals surface area contributed by atoms with Gasteiger partial charge in [0.25, 0.3) is 5.91 Å². The van der Waals surface area contributed by atoms with Gasteiger partial charge in [-0.3, -0.25) is 9.59 Å². The van der Waals surface area contributed by atoms with E-state index in [1.54, 1.807) is 19.2 Å². The maximum atomic E-state index is 12.9. The summed E-state index contributed by atoms with van der Waals surface area (Å²) in [6.07, 6.45) is 0.773. The number of para-hydroxylation sites is 1. The molecular weight excluding hydrogens is 440 g/mol. The van der Waals surface area contributed by atoms with E-state index in [1.807, 2.05) is 46.2 Å². The molecule has 0 spiro atoms. The molecule has 1 aliphatic heterocycles. The highest BCUT2D eigenvalue weighted by molar-refractivity contribution is 9.10. The van der Waals surface area contributed by atoms with Crippen LogP contribution in [0.5, 0.6) is 5.75 Å². The molecule has 0 aromatic heterocycles. The van der Waals surface area contributed by atoms with Crippen molar-refractivity contribution in [1.82, 2.24) is 9.80 Å². The molecule has 0 N–H and O–H groups in total. The molecule has 0 bridgehead atoms. The minimum absolute atomic E-state index is 0.0454. The van der Waals surface area contributed by atoms with E-state index in [9.17, 15) is 9.59 Å². The van der Waals surface area contributed by atoms with Gasteiger partial charge in [-0.15, -0.1) is 11.8 Å². The first kappa shape index (κ1) is 20.7. The number of benzene rings is 2. The fraction of sp³-hybridized carbons (Fsp3) is 0.333. The summed E-state index contributed by atoms with van der Waals surface area (Å²) in [5.74, 6) is 1.05. The van der Waals surface area contributed by atoms with Crippen LogP contribution in [0, 0.1) is 0 Å². The quantitative estimate of drug-likeness (QED) is 0.631. The van der Waals surface area contributed by atoms with E-state index in [0.717, 1.165) is 15.8 Å². The standard InChI is InChI=1S/C21H23BrN2O3S/c1-27-19-6-3-2-5-18(19)21(26)24-12-4-11-23(13-14-24)20(25)15-28-17-9-7-16(22)8-10-17/h2-3,5-10H,4,11-15H2,1H3. The normalized spacial score (nSPS) is 14.5.